The van der Waals surface area contributed by atoms with E-state index in [1.165, 1.54) is 6.92 Å². The molecule has 2 N–H and O–H groups in total. The maximum absolute atomic E-state index is 13.6. The molecule has 0 unspecified atom stereocenters. The quantitative estimate of drug-likeness (QED) is 0.500. The van der Waals surface area contributed by atoms with Crippen LogP contribution in [0.3, 0.4) is 0 Å². The van der Waals surface area contributed by atoms with Crippen molar-refractivity contribution in [2.75, 3.05) is 29.8 Å². The summed E-state index contributed by atoms with van der Waals surface area (Å²) in [6, 6.07) is 21.0. The van der Waals surface area contributed by atoms with Crippen molar-refractivity contribution in [2.24, 2.45) is 5.92 Å². The third-order valence-corrected chi connectivity index (χ3v) is 6.21. The summed E-state index contributed by atoms with van der Waals surface area (Å²) in [4.78, 5) is 39.9. The van der Waals surface area contributed by atoms with Crippen molar-refractivity contribution in [2.45, 2.75) is 25.8 Å². The molecule has 2 atom stereocenters. The number of methoxy groups -OCH3 is 2. The second-order valence-electron chi connectivity index (χ2n) is 8.54. The van der Waals surface area contributed by atoms with E-state index in [2.05, 4.69) is 10.6 Å². The Labute approximate surface area is 210 Å². The van der Waals surface area contributed by atoms with Crippen molar-refractivity contribution in [1.82, 2.24) is 0 Å². The standard InChI is InChI=1S/C28H29N3O5/c1-18(32)29-19-8-10-20(11-9-19)30-28(34)24-16-17-26(33)31(21-12-14-22(35-2)15-13-21)27(24)23-6-4-5-7-25(23)36-3/h4-15,24,27H,16-17H2,1-3H3,(H,29,32)(H,30,34)/t24-,27-/m1/s1. The lowest BCUT2D eigenvalue weighted by atomic mass is 9.82. The fraction of sp³-hybridized carbons (Fsp3) is 0.250. The summed E-state index contributed by atoms with van der Waals surface area (Å²) in [5.74, 6) is 0.305. The van der Waals surface area contributed by atoms with E-state index in [0.29, 0.717) is 35.0 Å². The van der Waals surface area contributed by atoms with E-state index in [1.807, 2.05) is 36.4 Å². The summed E-state index contributed by atoms with van der Waals surface area (Å²) in [6.07, 6.45) is 0.626. The minimum absolute atomic E-state index is 0.0696. The number of para-hydroxylation sites is 1. The third kappa shape index (κ3) is 5.33. The van der Waals surface area contributed by atoms with E-state index >= 15 is 0 Å². The van der Waals surface area contributed by atoms with E-state index < -0.39 is 12.0 Å². The van der Waals surface area contributed by atoms with Crippen LogP contribution in [0.5, 0.6) is 11.5 Å². The predicted octanol–water partition coefficient (Wildman–Crippen LogP) is 4.79. The van der Waals surface area contributed by atoms with Gasteiger partial charge in [-0.05, 0) is 61.0 Å². The lowest BCUT2D eigenvalue weighted by molar-refractivity contribution is -0.126. The maximum atomic E-state index is 13.6. The zero-order chi connectivity index (χ0) is 25.7. The van der Waals surface area contributed by atoms with Gasteiger partial charge in [0.05, 0.1) is 26.2 Å². The van der Waals surface area contributed by atoms with Crippen molar-refractivity contribution in [3.63, 3.8) is 0 Å². The SMILES string of the molecule is COc1ccc(N2C(=O)CC[C@@H](C(=O)Nc3ccc(NC(C)=O)cc3)[C@H]2c2ccccc2OC)cc1. The monoisotopic (exact) mass is 487 g/mol. The van der Waals surface area contributed by atoms with Crippen LogP contribution in [0, 0.1) is 5.92 Å². The number of rotatable bonds is 7. The molecule has 1 fully saturated rings. The first-order valence-electron chi connectivity index (χ1n) is 11.7. The first-order valence-corrected chi connectivity index (χ1v) is 11.7. The number of benzene rings is 3. The van der Waals surface area contributed by atoms with Crippen LogP contribution in [0.15, 0.2) is 72.8 Å². The van der Waals surface area contributed by atoms with Gasteiger partial charge in [-0.25, -0.2) is 0 Å². The smallest absolute Gasteiger partial charge is 0.229 e. The van der Waals surface area contributed by atoms with Gasteiger partial charge in [-0.3, -0.25) is 14.4 Å². The topological polar surface area (TPSA) is 97.0 Å². The summed E-state index contributed by atoms with van der Waals surface area (Å²) >= 11 is 0. The van der Waals surface area contributed by atoms with Crippen molar-refractivity contribution >= 4 is 34.8 Å². The highest BCUT2D eigenvalue weighted by atomic mass is 16.5. The Balaban J connectivity index is 1.70. The first-order chi connectivity index (χ1) is 17.4. The Morgan fingerprint density at radius 3 is 2.11 bits per heavy atom. The Morgan fingerprint density at radius 1 is 0.861 bits per heavy atom. The molecule has 3 amide bonds. The molecular formula is C28H29N3O5. The highest BCUT2D eigenvalue weighted by molar-refractivity contribution is 6.00. The van der Waals surface area contributed by atoms with Gasteiger partial charge in [-0.15, -0.1) is 0 Å². The fourth-order valence-electron chi connectivity index (χ4n) is 4.56. The van der Waals surface area contributed by atoms with Gasteiger partial charge in [0.25, 0.3) is 0 Å². The van der Waals surface area contributed by atoms with Crippen LogP contribution in [0.1, 0.15) is 31.4 Å². The normalized spacial score (nSPS) is 17.3. The fourth-order valence-corrected chi connectivity index (χ4v) is 4.56. The molecule has 1 aliphatic rings. The van der Waals surface area contributed by atoms with E-state index in [1.54, 1.807) is 55.5 Å². The average Bonchev–Trinajstić information content (AvgIpc) is 2.89. The van der Waals surface area contributed by atoms with Gasteiger partial charge >= 0.3 is 0 Å². The molecule has 0 aliphatic carbocycles. The van der Waals surface area contributed by atoms with Crippen LogP contribution in [0.25, 0.3) is 0 Å². The lowest BCUT2D eigenvalue weighted by Crippen LogP contribution is -2.47. The van der Waals surface area contributed by atoms with Crippen LogP contribution >= 0.6 is 0 Å². The molecule has 3 aromatic carbocycles. The number of amides is 3. The molecule has 1 aliphatic heterocycles. The summed E-state index contributed by atoms with van der Waals surface area (Å²) < 4.78 is 10.9. The average molecular weight is 488 g/mol. The van der Waals surface area contributed by atoms with Crippen LogP contribution in [0.4, 0.5) is 17.1 Å². The molecule has 0 radical (unpaired) electrons. The number of nitrogens with one attached hydrogen (secondary N) is 2. The summed E-state index contributed by atoms with van der Waals surface area (Å²) in [6.45, 7) is 1.44. The molecule has 8 heteroatoms. The molecular weight excluding hydrogens is 458 g/mol. The van der Waals surface area contributed by atoms with E-state index in [9.17, 15) is 14.4 Å². The first kappa shape index (κ1) is 24.8. The maximum Gasteiger partial charge on any atom is 0.229 e. The summed E-state index contributed by atoms with van der Waals surface area (Å²) in [5, 5.41) is 5.69. The van der Waals surface area contributed by atoms with Crippen molar-refractivity contribution < 1.29 is 23.9 Å². The third-order valence-electron chi connectivity index (χ3n) is 6.21. The van der Waals surface area contributed by atoms with Crippen LogP contribution in [-0.2, 0) is 14.4 Å². The number of carbonyl (C=O) groups is 3. The van der Waals surface area contributed by atoms with Crippen molar-refractivity contribution in [1.29, 1.82) is 0 Å². The minimum atomic E-state index is -0.575. The zero-order valence-electron chi connectivity index (χ0n) is 20.5. The highest BCUT2D eigenvalue weighted by Crippen LogP contribution is 2.43. The van der Waals surface area contributed by atoms with Gasteiger partial charge in [0.15, 0.2) is 0 Å². The van der Waals surface area contributed by atoms with Crippen LogP contribution < -0.4 is 25.0 Å². The molecule has 0 aromatic heterocycles. The van der Waals surface area contributed by atoms with Crippen LogP contribution in [-0.4, -0.2) is 31.9 Å². The van der Waals surface area contributed by atoms with Crippen molar-refractivity contribution in [3.05, 3.63) is 78.4 Å². The molecule has 1 heterocycles. The highest BCUT2D eigenvalue weighted by Gasteiger charge is 2.42. The van der Waals surface area contributed by atoms with Crippen molar-refractivity contribution in [3.8, 4) is 11.5 Å². The second kappa shape index (κ2) is 10.9. The van der Waals surface area contributed by atoms with Gasteiger partial charge < -0.3 is 25.0 Å². The Morgan fingerprint density at radius 2 is 1.50 bits per heavy atom. The lowest BCUT2D eigenvalue weighted by Gasteiger charge is -2.41. The van der Waals surface area contributed by atoms with Gasteiger partial charge in [-0.1, -0.05) is 18.2 Å². The second-order valence-corrected chi connectivity index (χ2v) is 8.54. The molecule has 186 valence electrons. The van der Waals surface area contributed by atoms with Gasteiger partial charge in [0.1, 0.15) is 11.5 Å². The molecule has 36 heavy (non-hydrogen) atoms. The Bertz CT molecular complexity index is 1240. The summed E-state index contributed by atoms with van der Waals surface area (Å²) in [7, 11) is 3.16. The van der Waals surface area contributed by atoms with E-state index in [-0.39, 0.29) is 24.1 Å². The number of nitrogens with zero attached hydrogens (tertiary/aromatic N) is 1. The zero-order valence-corrected chi connectivity index (χ0v) is 20.5. The minimum Gasteiger partial charge on any atom is -0.497 e. The summed E-state index contributed by atoms with van der Waals surface area (Å²) in [5.41, 5.74) is 2.67. The Kier molecular flexibility index (Phi) is 7.53. The molecule has 0 bridgehead atoms. The van der Waals surface area contributed by atoms with E-state index in [4.69, 9.17) is 9.47 Å². The number of carbonyl (C=O) groups excluding carboxylic acids is 3. The number of ether oxygens (including phenoxy) is 2. The largest absolute Gasteiger partial charge is 0.497 e. The predicted molar refractivity (Wildman–Crippen MR) is 138 cm³/mol. The molecule has 1 saturated heterocycles. The van der Waals surface area contributed by atoms with Gasteiger partial charge in [0, 0.05) is 36.0 Å². The number of hydrogen-bond donors (Lipinski definition) is 2. The molecule has 4 rings (SSSR count). The van der Waals surface area contributed by atoms with Crippen LogP contribution in [0.2, 0.25) is 0 Å². The van der Waals surface area contributed by atoms with Gasteiger partial charge in [0.2, 0.25) is 17.7 Å². The van der Waals surface area contributed by atoms with E-state index in [0.717, 1.165) is 5.56 Å². The number of hydrogen-bond acceptors (Lipinski definition) is 5. The molecule has 3 aromatic rings. The van der Waals surface area contributed by atoms with Gasteiger partial charge in [-0.2, -0.15) is 0 Å². The molecule has 8 nitrogen and oxygen atoms in total. The number of anilines is 3. The number of piperidine rings is 1. The molecule has 0 spiro atoms. The molecule has 0 saturated carbocycles. The Hall–Kier alpha value is -4.33.